The van der Waals surface area contributed by atoms with Crippen molar-refractivity contribution in [1.29, 1.82) is 0 Å². The van der Waals surface area contributed by atoms with Crippen molar-refractivity contribution >= 4 is 23.8 Å². The zero-order chi connectivity index (χ0) is 11.4. The van der Waals surface area contributed by atoms with Gasteiger partial charge in [0.15, 0.2) is 5.82 Å². The summed E-state index contributed by atoms with van der Waals surface area (Å²) in [5, 5.41) is 0. The molecule has 0 spiro atoms. The lowest BCUT2D eigenvalue weighted by atomic mass is 10.2. The van der Waals surface area contributed by atoms with Crippen molar-refractivity contribution in [2.45, 2.75) is 0 Å². The highest BCUT2D eigenvalue weighted by atomic mass is 15.0. The molecule has 0 amide bonds. The van der Waals surface area contributed by atoms with E-state index < -0.39 is 0 Å². The predicted molar refractivity (Wildman–Crippen MR) is 66.2 cm³/mol. The van der Waals surface area contributed by atoms with Gasteiger partial charge in [-0.05, 0) is 11.6 Å². The van der Waals surface area contributed by atoms with Crippen molar-refractivity contribution in [3.63, 3.8) is 0 Å². The van der Waals surface area contributed by atoms with Crippen molar-refractivity contribution in [2.24, 2.45) is 0 Å². The molecule has 0 fully saturated rings. The summed E-state index contributed by atoms with van der Waals surface area (Å²) in [5.74, 6) is 1.27. The zero-order valence-corrected chi connectivity index (χ0v) is 8.67. The second-order valence-electron chi connectivity index (χ2n) is 3.32. The highest BCUT2D eigenvalue weighted by Gasteiger charge is 1.95. The molecule has 16 heavy (non-hydrogen) atoms. The van der Waals surface area contributed by atoms with Crippen LogP contribution in [0.2, 0.25) is 0 Å². The largest absolute Gasteiger partial charge is 0.384 e. The number of aromatic nitrogens is 2. The minimum absolute atomic E-state index is 0.375. The molecule has 0 radical (unpaired) electrons. The molecule has 0 bridgehead atoms. The van der Waals surface area contributed by atoms with Gasteiger partial charge in [-0.2, -0.15) is 0 Å². The molecule has 80 valence electrons. The van der Waals surface area contributed by atoms with Crippen LogP contribution in [-0.4, -0.2) is 9.97 Å². The van der Waals surface area contributed by atoms with Gasteiger partial charge in [0, 0.05) is 6.07 Å². The van der Waals surface area contributed by atoms with Crippen LogP contribution in [-0.2, 0) is 0 Å². The second kappa shape index (κ2) is 4.44. The number of benzene rings is 1. The number of hydrogen-bond donors (Lipinski definition) is 2. The van der Waals surface area contributed by atoms with Gasteiger partial charge < -0.3 is 11.5 Å². The van der Waals surface area contributed by atoms with E-state index in [1.165, 1.54) is 6.07 Å². The molecule has 0 aliphatic rings. The number of nitrogen functional groups attached to an aromatic ring is 2. The lowest BCUT2D eigenvalue weighted by molar-refractivity contribution is 1.15. The van der Waals surface area contributed by atoms with Crippen molar-refractivity contribution in [3.05, 3.63) is 47.8 Å². The highest BCUT2D eigenvalue weighted by Crippen LogP contribution is 2.08. The summed E-state index contributed by atoms with van der Waals surface area (Å²) >= 11 is 0. The fourth-order valence-corrected chi connectivity index (χ4v) is 1.32. The summed E-state index contributed by atoms with van der Waals surface area (Å²) in [5.41, 5.74) is 12.2. The number of nitrogens with zero attached hydrogens (tertiary/aromatic N) is 2. The van der Waals surface area contributed by atoms with Crippen molar-refractivity contribution in [3.8, 4) is 0 Å². The van der Waals surface area contributed by atoms with E-state index >= 15 is 0 Å². The van der Waals surface area contributed by atoms with Crippen LogP contribution >= 0.6 is 0 Å². The average molecular weight is 212 g/mol. The molecular formula is C12H12N4. The molecular weight excluding hydrogens is 200 g/mol. The summed E-state index contributed by atoms with van der Waals surface area (Å²) in [6, 6.07) is 11.4. The number of anilines is 2. The van der Waals surface area contributed by atoms with E-state index in [1.54, 1.807) is 6.08 Å². The Balaban J connectivity index is 2.24. The third-order valence-corrected chi connectivity index (χ3v) is 2.01. The molecule has 2 rings (SSSR count). The van der Waals surface area contributed by atoms with Gasteiger partial charge in [0.2, 0.25) is 0 Å². The Hall–Kier alpha value is -2.36. The SMILES string of the molecule is Nc1cc(N)nc(C=Cc2ccccc2)n1. The fraction of sp³-hybridized carbons (Fsp3) is 0. The molecule has 1 heterocycles. The summed E-state index contributed by atoms with van der Waals surface area (Å²) < 4.78 is 0. The third-order valence-electron chi connectivity index (χ3n) is 2.01. The maximum Gasteiger partial charge on any atom is 0.156 e. The minimum Gasteiger partial charge on any atom is -0.384 e. The zero-order valence-electron chi connectivity index (χ0n) is 8.67. The Morgan fingerprint density at radius 2 is 1.50 bits per heavy atom. The van der Waals surface area contributed by atoms with Crippen molar-refractivity contribution in [1.82, 2.24) is 9.97 Å². The predicted octanol–water partition coefficient (Wildman–Crippen LogP) is 1.81. The Kier molecular flexibility index (Phi) is 2.82. The Bertz CT molecular complexity index is 485. The fourth-order valence-electron chi connectivity index (χ4n) is 1.32. The first-order valence-electron chi connectivity index (χ1n) is 4.87. The standard InChI is InChI=1S/C12H12N4/c13-10-8-11(14)16-12(15-10)7-6-9-4-2-1-3-5-9/h1-8H,(H4,13,14,15,16). The molecule has 0 saturated carbocycles. The highest BCUT2D eigenvalue weighted by molar-refractivity contribution is 5.67. The van der Waals surface area contributed by atoms with E-state index in [1.807, 2.05) is 36.4 Å². The van der Waals surface area contributed by atoms with Gasteiger partial charge in [0.1, 0.15) is 11.6 Å². The molecule has 4 nitrogen and oxygen atoms in total. The molecule has 1 aromatic carbocycles. The summed E-state index contributed by atoms with van der Waals surface area (Å²) in [6.45, 7) is 0. The van der Waals surface area contributed by atoms with Crippen LogP contribution < -0.4 is 11.5 Å². The quantitative estimate of drug-likeness (QED) is 0.795. The Morgan fingerprint density at radius 1 is 0.875 bits per heavy atom. The van der Waals surface area contributed by atoms with E-state index in [4.69, 9.17) is 11.5 Å². The number of nitrogens with two attached hydrogens (primary N) is 2. The smallest absolute Gasteiger partial charge is 0.156 e. The molecule has 2 aromatic rings. The average Bonchev–Trinajstić information content (AvgIpc) is 2.27. The van der Waals surface area contributed by atoms with Gasteiger partial charge >= 0.3 is 0 Å². The Morgan fingerprint density at radius 3 is 2.12 bits per heavy atom. The topological polar surface area (TPSA) is 77.8 Å². The van der Waals surface area contributed by atoms with Crippen LogP contribution in [0.3, 0.4) is 0 Å². The van der Waals surface area contributed by atoms with Crippen LogP contribution in [0, 0.1) is 0 Å². The first-order chi connectivity index (χ1) is 7.74. The third kappa shape index (κ3) is 2.57. The van der Waals surface area contributed by atoms with E-state index in [2.05, 4.69) is 9.97 Å². The first kappa shape index (κ1) is 10.2. The van der Waals surface area contributed by atoms with Crippen LogP contribution in [0.5, 0.6) is 0 Å². The molecule has 1 aromatic heterocycles. The normalized spacial score (nSPS) is 10.8. The molecule has 4 heteroatoms. The van der Waals surface area contributed by atoms with E-state index in [0.29, 0.717) is 17.5 Å². The monoisotopic (exact) mass is 212 g/mol. The van der Waals surface area contributed by atoms with Gasteiger partial charge in [0.05, 0.1) is 0 Å². The van der Waals surface area contributed by atoms with Gasteiger partial charge in [-0.1, -0.05) is 36.4 Å². The van der Waals surface area contributed by atoms with Gasteiger partial charge in [-0.15, -0.1) is 0 Å². The van der Waals surface area contributed by atoms with Gasteiger partial charge in [-0.3, -0.25) is 0 Å². The van der Waals surface area contributed by atoms with Gasteiger partial charge in [0.25, 0.3) is 0 Å². The lowest BCUT2D eigenvalue weighted by Gasteiger charge is -1.97. The Labute approximate surface area is 93.6 Å². The maximum atomic E-state index is 5.56. The molecule has 0 aliphatic heterocycles. The van der Waals surface area contributed by atoms with E-state index in [0.717, 1.165) is 5.56 Å². The van der Waals surface area contributed by atoms with E-state index in [9.17, 15) is 0 Å². The first-order valence-corrected chi connectivity index (χ1v) is 4.87. The second-order valence-corrected chi connectivity index (χ2v) is 3.32. The number of rotatable bonds is 2. The maximum absolute atomic E-state index is 5.56. The molecule has 0 saturated heterocycles. The van der Waals surface area contributed by atoms with Crippen molar-refractivity contribution < 1.29 is 0 Å². The van der Waals surface area contributed by atoms with Crippen LogP contribution in [0.1, 0.15) is 11.4 Å². The molecule has 0 aliphatic carbocycles. The van der Waals surface area contributed by atoms with Crippen LogP contribution in [0.15, 0.2) is 36.4 Å². The lowest BCUT2D eigenvalue weighted by Crippen LogP contribution is -1.99. The number of hydrogen-bond acceptors (Lipinski definition) is 4. The molecule has 0 unspecified atom stereocenters. The molecule has 0 atom stereocenters. The van der Waals surface area contributed by atoms with Gasteiger partial charge in [-0.25, -0.2) is 9.97 Å². The molecule has 4 N–H and O–H groups in total. The minimum atomic E-state index is 0.375. The summed E-state index contributed by atoms with van der Waals surface area (Å²) in [6.07, 6.45) is 3.69. The van der Waals surface area contributed by atoms with Crippen molar-refractivity contribution in [2.75, 3.05) is 11.5 Å². The summed E-state index contributed by atoms with van der Waals surface area (Å²) in [7, 11) is 0. The van der Waals surface area contributed by atoms with Crippen LogP contribution in [0.25, 0.3) is 12.2 Å². The van der Waals surface area contributed by atoms with Crippen LogP contribution in [0.4, 0.5) is 11.6 Å². The summed E-state index contributed by atoms with van der Waals surface area (Å²) in [4.78, 5) is 8.10. The van der Waals surface area contributed by atoms with E-state index in [-0.39, 0.29) is 0 Å².